The minimum absolute atomic E-state index is 0.0730. The molecule has 210 valence electrons. The van der Waals surface area contributed by atoms with Crippen LogP contribution in [-0.4, -0.2) is 44.6 Å². The summed E-state index contributed by atoms with van der Waals surface area (Å²) in [5.74, 6) is -0.785. The van der Waals surface area contributed by atoms with Gasteiger partial charge in [-0.05, 0) is 59.5 Å². The quantitative estimate of drug-likeness (QED) is 0.270. The summed E-state index contributed by atoms with van der Waals surface area (Å²) in [6, 6.07) is 27.6. The molecule has 1 atom stereocenters. The number of carbonyl (C=O) groups excluding carboxylic acids is 1. The maximum absolute atomic E-state index is 13.9. The van der Waals surface area contributed by atoms with Gasteiger partial charge in [0.15, 0.2) is 0 Å². The Balaban J connectivity index is 1.28. The number of fused-ring (bicyclic) bond motifs is 1. The first-order chi connectivity index (χ1) is 19.7. The van der Waals surface area contributed by atoms with Crippen LogP contribution in [0.15, 0.2) is 102 Å². The number of hydrogen-bond donors (Lipinski definition) is 2. The van der Waals surface area contributed by atoms with Crippen molar-refractivity contribution in [1.82, 2.24) is 5.32 Å². The largest absolute Gasteiger partial charge is 0.492 e. The molecule has 0 fully saturated rings. The number of sulfonamides is 1. The van der Waals surface area contributed by atoms with E-state index in [1.807, 2.05) is 43.3 Å². The highest BCUT2D eigenvalue weighted by Crippen LogP contribution is 2.37. The second kappa shape index (κ2) is 11.9. The summed E-state index contributed by atoms with van der Waals surface area (Å²) in [6.45, 7) is 2.34. The lowest BCUT2D eigenvalue weighted by atomic mass is 10.0. The third-order valence-electron chi connectivity index (χ3n) is 6.94. The Morgan fingerprint density at radius 1 is 0.927 bits per heavy atom. The molecule has 0 spiro atoms. The van der Waals surface area contributed by atoms with Crippen molar-refractivity contribution >= 4 is 27.6 Å². The fourth-order valence-electron chi connectivity index (χ4n) is 4.95. The summed E-state index contributed by atoms with van der Waals surface area (Å²) in [6.07, 6.45) is 0.185. The van der Waals surface area contributed by atoms with E-state index in [1.165, 1.54) is 4.31 Å². The average molecular weight is 571 g/mol. The highest BCUT2D eigenvalue weighted by Gasteiger charge is 2.42. The van der Waals surface area contributed by atoms with Crippen LogP contribution >= 0.6 is 0 Å². The summed E-state index contributed by atoms with van der Waals surface area (Å²) in [4.78, 5) is 24.3. The predicted octanol–water partition coefficient (Wildman–Crippen LogP) is 4.60. The van der Waals surface area contributed by atoms with Gasteiger partial charge in [-0.25, -0.2) is 8.42 Å². The van der Waals surface area contributed by atoms with Gasteiger partial charge in [0, 0.05) is 6.42 Å². The number of nitrogens with one attached hydrogen (secondary N) is 1. The Morgan fingerprint density at radius 2 is 1.66 bits per heavy atom. The van der Waals surface area contributed by atoms with E-state index in [-0.39, 0.29) is 30.9 Å². The average Bonchev–Trinajstić information content (AvgIpc) is 3.37. The molecule has 4 aromatic rings. The number of hydrogen-bond acceptors (Lipinski definition) is 5. The zero-order valence-electron chi connectivity index (χ0n) is 22.5. The van der Waals surface area contributed by atoms with Crippen LogP contribution in [0.3, 0.4) is 0 Å². The van der Waals surface area contributed by atoms with Crippen molar-refractivity contribution in [3.63, 3.8) is 0 Å². The van der Waals surface area contributed by atoms with Crippen LogP contribution in [0.4, 0.5) is 5.69 Å². The van der Waals surface area contributed by atoms with Crippen LogP contribution in [0.1, 0.15) is 16.7 Å². The van der Waals surface area contributed by atoms with Crippen LogP contribution in [0.2, 0.25) is 0 Å². The number of carbonyl (C=O) groups is 2. The summed E-state index contributed by atoms with van der Waals surface area (Å²) in [5.41, 5.74) is 4.95. The second-order valence-corrected chi connectivity index (χ2v) is 11.7. The van der Waals surface area contributed by atoms with Gasteiger partial charge < -0.3 is 15.2 Å². The third kappa shape index (κ3) is 6.25. The molecule has 2 N–H and O–H groups in total. The zero-order valence-corrected chi connectivity index (χ0v) is 23.3. The van der Waals surface area contributed by atoms with Gasteiger partial charge in [-0.15, -0.1) is 0 Å². The minimum atomic E-state index is -4.04. The van der Waals surface area contributed by atoms with Gasteiger partial charge >= 0.3 is 5.97 Å². The van der Waals surface area contributed by atoms with Crippen molar-refractivity contribution < 1.29 is 27.9 Å². The van der Waals surface area contributed by atoms with Gasteiger partial charge in [-0.2, -0.15) is 0 Å². The molecular weight excluding hydrogens is 540 g/mol. The van der Waals surface area contributed by atoms with Gasteiger partial charge in [0.2, 0.25) is 5.91 Å². The van der Waals surface area contributed by atoms with E-state index in [1.54, 1.807) is 60.7 Å². The first kappa shape index (κ1) is 27.9. The molecule has 0 unspecified atom stereocenters. The Hall–Kier alpha value is -4.63. The first-order valence-corrected chi connectivity index (χ1v) is 14.7. The summed E-state index contributed by atoms with van der Waals surface area (Å²) < 4.78 is 34.7. The summed E-state index contributed by atoms with van der Waals surface area (Å²) in [5, 5.41) is 11.7. The molecule has 0 aliphatic carbocycles. The van der Waals surface area contributed by atoms with Gasteiger partial charge in [0.25, 0.3) is 10.0 Å². The molecule has 5 rings (SSSR count). The lowest BCUT2D eigenvalue weighted by molar-refractivity contribution is -0.136. The van der Waals surface area contributed by atoms with Crippen molar-refractivity contribution in [3.8, 4) is 16.9 Å². The smallest absolute Gasteiger partial charge is 0.307 e. The van der Waals surface area contributed by atoms with Crippen molar-refractivity contribution in [2.45, 2.75) is 30.7 Å². The molecule has 0 saturated heterocycles. The Kier molecular flexibility index (Phi) is 8.07. The maximum atomic E-state index is 13.9. The Labute approximate surface area is 239 Å². The molecule has 0 saturated carbocycles. The number of ether oxygens (including phenoxy) is 1. The SMILES string of the molecule is Cc1cccc(-c2ccc(S(=O)(=O)N3c4ccccc4C[C@H]3C(=O)NCCOc3ccc(CC(=O)O)cc3)cc2)c1. The number of rotatable bonds is 10. The first-order valence-electron chi connectivity index (χ1n) is 13.2. The van der Waals surface area contributed by atoms with E-state index in [4.69, 9.17) is 9.84 Å². The van der Waals surface area contributed by atoms with Crippen LogP contribution in [-0.2, 0) is 32.5 Å². The molecule has 1 aliphatic rings. The lowest BCUT2D eigenvalue weighted by Gasteiger charge is -2.26. The van der Waals surface area contributed by atoms with E-state index in [0.29, 0.717) is 17.0 Å². The topological polar surface area (TPSA) is 113 Å². The standard InChI is InChI=1S/C32H30N2O6S/c1-22-5-4-7-25(19-22)24-11-15-28(16-12-24)41(38,39)34-29-8-3-2-6-26(29)21-30(34)32(37)33-17-18-40-27-13-9-23(10-14-27)20-31(35)36/h2-16,19,30H,17-18,20-21H2,1H3,(H,33,37)(H,35,36)/t30-/m0/s1. The van der Waals surface area contributed by atoms with Crippen molar-refractivity contribution in [2.24, 2.45) is 0 Å². The predicted molar refractivity (Wildman–Crippen MR) is 157 cm³/mol. The molecule has 0 radical (unpaired) electrons. The summed E-state index contributed by atoms with van der Waals surface area (Å²) in [7, 11) is -4.04. The van der Waals surface area contributed by atoms with Gasteiger partial charge in [-0.1, -0.05) is 72.3 Å². The lowest BCUT2D eigenvalue weighted by Crippen LogP contribution is -2.48. The van der Waals surface area contributed by atoms with Gasteiger partial charge in [-0.3, -0.25) is 13.9 Å². The molecule has 0 aromatic heterocycles. The van der Waals surface area contributed by atoms with Crippen LogP contribution in [0, 0.1) is 6.92 Å². The van der Waals surface area contributed by atoms with Crippen molar-refractivity contribution in [3.05, 3.63) is 114 Å². The van der Waals surface area contributed by atoms with Crippen LogP contribution in [0.25, 0.3) is 11.1 Å². The van der Waals surface area contributed by atoms with Crippen molar-refractivity contribution in [1.29, 1.82) is 0 Å². The van der Waals surface area contributed by atoms with Gasteiger partial charge in [0.05, 0.1) is 23.5 Å². The Bertz CT molecular complexity index is 1670. The van der Waals surface area contributed by atoms with Gasteiger partial charge in [0.1, 0.15) is 18.4 Å². The number of aliphatic carboxylic acids is 1. The molecule has 41 heavy (non-hydrogen) atoms. The Morgan fingerprint density at radius 3 is 2.37 bits per heavy atom. The molecule has 1 amide bonds. The fourth-order valence-corrected chi connectivity index (χ4v) is 6.60. The van der Waals surface area contributed by atoms with E-state index >= 15 is 0 Å². The number of anilines is 1. The number of aryl methyl sites for hydroxylation is 1. The molecule has 4 aromatic carbocycles. The van der Waals surface area contributed by atoms with Crippen molar-refractivity contribution in [2.75, 3.05) is 17.5 Å². The number of nitrogens with zero attached hydrogens (tertiary/aromatic N) is 1. The molecule has 1 heterocycles. The molecule has 0 bridgehead atoms. The minimum Gasteiger partial charge on any atom is -0.492 e. The number of carboxylic acid groups (broad SMARTS) is 1. The molecule has 8 nitrogen and oxygen atoms in total. The fraction of sp³-hybridized carbons (Fsp3) is 0.188. The number of amides is 1. The number of benzene rings is 4. The van der Waals surface area contributed by atoms with Crippen LogP contribution in [0.5, 0.6) is 5.75 Å². The molecule has 1 aliphatic heterocycles. The zero-order chi connectivity index (χ0) is 29.0. The molecular formula is C32H30N2O6S. The number of para-hydroxylation sites is 1. The number of carboxylic acids is 1. The van der Waals surface area contributed by atoms with E-state index in [9.17, 15) is 18.0 Å². The highest BCUT2D eigenvalue weighted by atomic mass is 32.2. The molecule has 9 heteroatoms. The maximum Gasteiger partial charge on any atom is 0.307 e. The summed E-state index contributed by atoms with van der Waals surface area (Å²) >= 11 is 0. The monoisotopic (exact) mass is 570 g/mol. The highest BCUT2D eigenvalue weighted by molar-refractivity contribution is 7.93. The van der Waals surface area contributed by atoms with E-state index in [2.05, 4.69) is 5.32 Å². The van der Waals surface area contributed by atoms with E-state index < -0.39 is 27.9 Å². The third-order valence-corrected chi connectivity index (χ3v) is 8.78. The normalized spacial score (nSPS) is 14.4. The van der Waals surface area contributed by atoms with Crippen LogP contribution < -0.4 is 14.4 Å². The van der Waals surface area contributed by atoms with E-state index in [0.717, 1.165) is 22.3 Å². The second-order valence-electron chi connectivity index (χ2n) is 9.90.